The topological polar surface area (TPSA) is 114 Å². The summed E-state index contributed by atoms with van der Waals surface area (Å²) < 4.78 is 4.41. The highest BCUT2D eigenvalue weighted by Crippen LogP contribution is 2.01. The predicted molar refractivity (Wildman–Crippen MR) is 62.5 cm³/mol. The summed E-state index contributed by atoms with van der Waals surface area (Å²) in [6.45, 7) is 1.21. The van der Waals surface area contributed by atoms with Crippen LogP contribution in [0.5, 0.6) is 0 Å². The zero-order valence-electron chi connectivity index (χ0n) is 11.1. The molecule has 0 bridgehead atoms. The summed E-state index contributed by atoms with van der Waals surface area (Å²) in [6.07, 6.45) is 2.07. The van der Waals surface area contributed by atoms with Crippen LogP contribution in [-0.2, 0) is 19.2 Å². The molecule has 0 aromatic heterocycles. The number of nitrogens with zero attached hydrogens (tertiary/aromatic N) is 3. The monoisotopic (exact) mass is 277 g/mol. The molecule has 0 saturated heterocycles. The summed E-state index contributed by atoms with van der Waals surface area (Å²) in [7, 11) is 1.52. The van der Waals surface area contributed by atoms with Crippen LogP contribution in [0, 0.1) is 5.21 Å². The molecule has 0 aliphatic carbocycles. The van der Waals surface area contributed by atoms with Crippen molar-refractivity contribution in [2.45, 2.75) is 32.6 Å². The third-order valence-electron chi connectivity index (χ3n) is 2.11. The first kappa shape index (κ1) is 16.9. The molecule has 0 amide bonds. The van der Waals surface area contributed by atoms with Crippen LogP contribution in [0.15, 0.2) is 5.28 Å². The van der Waals surface area contributed by atoms with Crippen molar-refractivity contribution in [1.29, 1.82) is 0 Å². The molecule has 0 heterocycles. The van der Waals surface area contributed by atoms with Gasteiger partial charge in [-0.2, -0.15) is 0 Å². The Kier molecular flexibility index (Phi) is 8.84. The molecule has 110 valence electrons. The minimum absolute atomic E-state index is 0.126. The van der Waals surface area contributed by atoms with Gasteiger partial charge in [-0.05, 0) is 12.8 Å². The van der Waals surface area contributed by atoms with Gasteiger partial charge in [0.25, 0.3) is 6.79 Å². The first-order valence-corrected chi connectivity index (χ1v) is 5.80. The van der Waals surface area contributed by atoms with Crippen LogP contribution in [0.25, 0.3) is 0 Å². The highest BCUT2D eigenvalue weighted by Gasteiger charge is 2.06. The Labute approximate surface area is 110 Å². The lowest BCUT2D eigenvalue weighted by Gasteiger charge is -2.12. The van der Waals surface area contributed by atoms with Gasteiger partial charge in [0.05, 0.1) is 18.6 Å². The molecular formula is C10H19N3O6. The van der Waals surface area contributed by atoms with Crippen LogP contribution in [0.1, 0.15) is 32.6 Å². The SMILES string of the molecule is CC(=O)OCO/N=[N+](/[O-])N(C)CCCCCC(=O)O. The third kappa shape index (κ3) is 10.8. The van der Waals surface area contributed by atoms with Crippen LogP contribution >= 0.6 is 0 Å². The number of unbranched alkanes of at least 4 members (excludes halogenated alkanes) is 2. The number of carbonyl (C=O) groups is 2. The predicted octanol–water partition coefficient (Wildman–Crippen LogP) is 0.893. The van der Waals surface area contributed by atoms with E-state index in [1.54, 1.807) is 0 Å². The molecule has 0 fully saturated rings. The molecule has 0 radical (unpaired) electrons. The van der Waals surface area contributed by atoms with Gasteiger partial charge in [0.2, 0.25) is 5.28 Å². The molecule has 9 heteroatoms. The van der Waals surface area contributed by atoms with Crippen molar-refractivity contribution >= 4 is 11.9 Å². The van der Waals surface area contributed by atoms with E-state index in [0.29, 0.717) is 25.8 Å². The molecule has 0 rings (SSSR count). The van der Waals surface area contributed by atoms with Gasteiger partial charge in [-0.15, -0.1) is 5.01 Å². The van der Waals surface area contributed by atoms with Crippen LogP contribution in [0.3, 0.4) is 0 Å². The Balaban J connectivity index is 3.68. The van der Waals surface area contributed by atoms with E-state index < -0.39 is 18.7 Å². The number of hydrazine groups is 1. The number of hydrogen-bond donors (Lipinski definition) is 1. The molecule has 0 aromatic rings. The number of ether oxygens (including phenoxy) is 1. The number of carbonyl (C=O) groups excluding carboxylic acids is 1. The Morgan fingerprint density at radius 3 is 2.63 bits per heavy atom. The molecule has 19 heavy (non-hydrogen) atoms. The highest BCUT2D eigenvalue weighted by atomic mass is 16.8. The van der Waals surface area contributed by atoms with Crippen LogP contribution in [0.4, 0.5) is 0 Å². The molecule has 0 saturated carbocycles. The van der Waals surface area contributed by atoms with Gasteiger partial charge in [-0.25, -0.2) is 0 Å². The maximum atomic E-state index is 11.3. The molecule has 1 N–H and O–H groups in total. The summed E-state index contributed by atoms with van der Waals surface area (Å²) in [4.78, 5) is 25.3. The van der Waals surface area contributed by atoms with Gasteiger partial charge in [0.15, 0.2) is 0 Å². The second-order valence-electron chi connectivity index (χ2n) is 3.80. The first-order chi connectivity index (χ1) is 8.93. The van der Waals surface area contributed by atoms with Gasteiger partial charge in [-0.1, -0.05) is 6.42 Å². The van der Waals surface area contributed by atoms with E-state index in [-0.39, 0.29) is 11.4 Å². The van der Waals surface area contributed by atoms with Gasteiger partial charge in [0.1, 0.15) is 0 Å². The molecule has 0 spiro atoms. The molecular weight excluding hydrogens is 258 g/mol. The zero-order valence-corrected chi connectivity index (χ0v) is 11.1. The summed E-state index contributed by atoms with van der Waals surface area (Å²) >= 11 is 0. The summed E-state index contributed by atoms with van der Waals surface area (Å²) in [6, 6.07) is 0. The fourth-order valence-electron chi connectivity index (χ4n) is 1.12. The third-order valence-corrected chi connectivity index (χ3v) is 2.11. The summed E-state index contributed by atoms with van der Waals surface area (Å²) in [5, 5.41) is 24.1. The van der Waals surface area contributed by atoms with E-state index in [1.165, 1.54) is 19.0 Å². The fourth-order valence-corrected chi connectivity index (χ4v) is 1.12. The fraction of sp³-hybridized carbons (Fsp3) is 0.800. The number of esters is 1. The van der Waals surface area contributed by atoms with E-state index in [1.807, 2.05) is 0 Å². The van der Waals surface area contributed by atoms with Crippen molar-refractivity contribution in [3.8, 4) is 0 Å². The number of carboxylic acid groups (broad SMARTS) is 1. The van der Waals surface area contributed by atoms with Gasteiger partial charge in [0, 0.05) is 13.3 Å². The standard InChI is InChI=1S/C10H19N3O6/c1-9(14)18-8-19-11-13(17)12(2)7-5-3-4-6-10(15)16/h3-8H2,1-2H3,(H,15,16)/b13-11+. The average molecular weight is 277 g/mol. The zero-order chi connectivity index (χ0) is 14.7. The average Bonchev–Trinajstić information content (AvgIpc) is 2.33. The Hall–Kier alpha value is -2.06. The van der Waals surface area contributed by atoms with Gasteiger partial charge >= 0.3 is 11.9 Å². The maximum Gasteiger partial charge on any atom is 0.305 e. The van der Waals surface area contributed by atoms with Crippen molar-refractivity contribution in [2.75, 3.05) is 20.4 Å². The summed E-state index contributed by atoms with van der Waals surface area (Å²) in [5.74, 6) is -1.35. The van der Waals surface area contributed by atoms with Gasteiger partial charge < -0.3 is 19.9 Å². The van der Waals surface area contributed by atoms with Crippen molar-refractivity contribution in [2.24, 2.45) is 5.28 Å². The first-order valence-electron chi connectivity index (χ1n) is 5.80. The Morgan fingerprint density at radius 2 is 2.05 bits per heavy atom. The minimum atomic E-state index is -0.826. The summed E-state index contributed by atoms with van der Waals surface area (Å²) in [5.41, 5.74) is 0. The van der Waals surface area contributed by atoms with Crippen LogP contribution in [-0.4, -0.2) is 47.4 Å². The number of rotatable bonds is 10. The second-order valence-corrected chi connectivity index (χ2v) is 3.80. The van der Waals surface area contributed by atoms with E-state index in [0.717, 1.165) is 0 Å². The molecule has 0 aromatic carbocycles. The number of carboxylic acids is 1. The Bertz CT molecular complexity index is 320. The van der Waals surface area contributed by atoms with E-state index in [4.69, 9.17) is 5.11 Å². The normalized spacial score (nSPS) is 10.9. The number of hydrogen-bond acceptors (Lipinski definition) is 6. The number of aliphatic carboxylic acids is 1. The molecule has 0 atom stereocenters. The lowest BCUT2D eigenvalue weighted by Crippen LogP contribution is -2.27. The van der Waals surface area contributed by atoms with Crippen molar-refractivity contribution in [1.82, 2.24) is 5.01 Å². The second kappa shape index (κ2) is 9.92. The maximum absolute atomic E-state index is 11.3. The van der Waals surface area contributed by atoms with Crippen molar-refractivity contribution < 1.29 is 29.2 Å². The minimum Gasteiger partial charge on any atom is -0.569 e. The Morgan fingerprint density at radius 1 is 1.37 bits per heavy atom. The van der Waals surface area contributed by atoms with E-state index in [9.17, 15) is 14.8 Å². The van der Waals surface area contributed by atoms with E-state index >= 15 is 0 Å². The van der Waals surface area contributed by atoms with Crippen LogP contribution in [0.2, 0.25) is 0 Å². The van der Waals surface area contributed by atoms with Gasteiger partial charge in [-0.3, -0.25) is 9.59 Å². The molecule has 0 aliphatic heterocycles. The molecule has 9 nitrogen and oxygen atoms in total. The largest absolute Gasteiger partial charge is 0.569 e. The lowest BCUT2D eigenvalue weighted by atomic mass is 10.2. The quantitative estimate of drug-likeness (QED) is 0.157. The van der Waals surface area contributed by atoms with Crippen molar-refractivity contribution in [3.63, 3.8) is 0 Å². The van der Waals surface area contributed by atoms with Crippen LogP contribution < -0.4 is 0 Å². The molecule has 0 unspecified atom stereocenters. The smallest absolute Gasteiger partial charge is 0.305 e. The lowest BCUT2D eigenvalue weighted by molar-refractivity contribution is -0.706. The molecule has 0 aliphatic rings. The van der Waals surface area contributed by atoms with Crippen molar-refractivity contribution in [3.05, 3.63) is 5.21 Å². The highest BCUT2D eigenvalue weighted by molar-refractivity contribution is 5.66. The van der Waals surface area contributed by atoms with E-state index in [2.05, 4.69) is 14.9 Å².